The lowest BCUT2D eigenvalue weighted by molar-refractivity contribution is 0.0918. The van der Waals surface area contributed by atoms with Crippen molar-refractivity contribution in [2.45, 2.75) is 58.0 Å². The van der Waals surface area contributed by atoms with Crippen LogP contribution in [0.4, 0.5) is 17.3 Å². The number of H-pyrrole nitrogens is 1. The topological polar surface area (TPSA) is 160 Å². The third-order valence-electron chi connectivity index (χ3n) is 6.18. The second-order valence-electron chi connectivity index (χ2n) is 9.89. The van der Waals surface area contributed by atoms with Gasteiger partial charge >= 0.3 is 0 Å². The molecule has 186 valence electrons. The Bertz CT molecular complexity index is 1230. The minimum absolute atomic E-state index is 0.0419. The van der Waals surface area contributed by atoms with Crippen molar-refractivity contribution in [2.75, 3.05) is 16.8 Å². The van der Waals surface area contributed by atoms with Crippen LogP contribution in [0.25, 0.3) is 0 Å². The number of carbonyl (C=O) groups excluding carboxylic acids is 2. The Hall–Kier alpha value is -3.96. The molecule has 2 atom stereocenters. The molecule has 0 bridgehead atoms. The number of anilines is 3. The van der Waals surface area contributed by atoms with E-state index in [9.17, 15) is 9.59 Å². The number of hydrogen-bond acceptors (Lipinski definition) is 8. The van der Waals surface area contributed by atoms with E-state index in [2.05, 4.69) is 61.6 Å². The molecule has 2 amide bonds. The first-order chi connectivity index (χ1) is 16.5. The predicted octanol–water partition coefficient (Wildman–Crippen LogP) is 1.86. The smallest absolute Gasteiger partial charge is 0.272 e. The SMILES string of the molecule is C[C@@H]1[C@H](NC(=O)c2cc(C(C)(C)C)[nH]n2)CCCN1c1cnc(C(N)=O)c(Nc2cnn(C)c2)n1. The number of nitrogens with zero attached hydrogens (tertiary/aromatic N) is 6. The normalized spacial score (nSPS) is 18.4. The van der Waals surface area contributed by atoms with Crippen LogP contribution in [0, 0.1) is 0 Å². The van der Waals surface area contributed by atoms with Gasteiger partial charge in [0, 0.05) is 43.0 Å². The molecule has 0 spiro atoms. The van der Waals surface area contributed by atoms with Crippen molar-refractivity contribution in [3.05, 3.63) is 41.7 Å². The molecule has 0 radical (unpaired) electrons. The molecule has 4 heterocycles. The predicted molar refractivity (Wildman–Crippen MR) is 132 cm³/mol. The van der Waals surface area contributed by atoms with Crippen LogP contribution in [0.1, 0.15) is 67.2 Å². The van der Waals surface area contributed by atoms with Gasteiger partial charge in [-0.15, -0.1) is 0 Å². The van der Waals surface area contributed by atoms with Crippen molar-refractivity contribution in [3.8, 4) is 0 Å². The molecule has 35 heavy (non-hydrogen) atoms. The largest absolute Gasteiger partial charge is 0.364 e. The number of nitrogens with two attached hydrogens (primary N) is 1. The maximum atomic E-state index is 12.9. The number of primary amides is 1. The van der Waals surface area contributed by atoms with Gasteiger partial charge in [-0.05, 0) is 25.8 Å². The average molecular weight is 481 g/mol. The molecule has 0 saturated carbocycles. The van der Waals surface area contributed by atoms with Crippen LogP contribution in [-0.4, -0.2) is 60.4 Å². The monoisotopic (exact) mass is 480 g/mol. The average Bonchev–Trinajstić information content (AvgIpc) is 3.44. The quantitative estimate of drug-likeness (QED) is 0.416. The number of aromatic amines is 1. The van der Waals surface area contributed by atoms with Crippen LogP contribution in [0.3, 0.4) is 0 Å². The van der Waals surface area contributed by atoms with Gasteiger partial charge in [0.25, 0.3) is 11.8 Å². The fraction of sp³-hybridized carbons (Fsp3) is 0.478. The number of piperidine rings is 1. The number of aromatic nitrogens is 6. The first-order valence-electron chi connectivity index (χ1n) is 11.6. The lowest BCUT2D eigenvalue weighted by Gasteiger charge is -2.40. The van der Waals surface area contributed by atoms with Crippen LogP contribution in [0.15, 0.2) is 24.7 Å². The Morgan fingerprint density at radius 1 is 1.26 bits per heavy atom. The molecule has 0 aromatic carbocycles. The molecule has 1 aliphatic heterocycles. The van der Waals surface area contributed by atoms with Gasteiger partial charge in [0.1, 0.15) is 11.5 Å². The van der Waals surface area contributed by atoms with Gasteiger partial charge in [-0.25, -0.2) is 9.97 Å². The molecule has 1 saturated heterocycles. The van der Waals surface area contributed by atoms with E-state index in [0.29, 0.717) is 17.2 Å². The first-order valence-corrected chi connectivity index (χ1v) is 11.6. The Morgan fingerprint density at radius 2 is 2.03 bits per heavy atom. The van der Waals surface area contributed by atoms with Gasteiger partial charge < -0.3 is 21.3 Å². The Labute approximate surface area is 203 Å². The third-order valence-corrected chi connectivity index (χ3v) is 6.18. The van der Waals surface area contributed by atoms with Gasteiger partial charge in [0.05, 0.1) is 18.1 Å². The van der Waals surface area contributed by atoms with Gasteiger partial charge in [-0.3, -0.25) is 19.4 Å². The van der Waals surface area contributed by atoms with Crippen LogP contribution < -0.4 is 21.3 Å². The van der Waals surface area contributed by atoms with Crippen LogP contribution in [0.2, 0.25) is 0 Å². The van der Waals surface area contributed by atoms with Crippen molar-refractivity contribution < 1.29 is 9.59 Å². The number of aryl methyl sites for hydroxylation is 1. The van der Waals surface area contributed by atoms with Crippen molar-refractivity contribution in [1.29, 1.82) is 0 Å². The molecule has 12 nitrogen and oxygen atoms in total. The third kappa shape index (κ3) is 5.26. The van der Waals surface area contributed by atoms with Gasteiger partial charge in [0.2, 0.25) is 0 Å². The van der Waals surface area contributed by atoms with E-state index in [-0.39, 0.29) is 34.9 Å². The van der Waals surface area contributed by atoms with Gasteiger partial charge in [0.15, 0.2) is 11.5 Å². The zero-order valence-corrected chi connectivity index (χ0v) is 20.7. The molecule has 1 fully saturated rings. The van der Waals surface area contributed by atoms with E-state index in [0.717, 1.165) is 25.1 Å². The van der Waals surface area contributed by atoms with E-state index in [1.165, 1.54) is 0 Å². The highest BCUT2D eigenvalue weighted by Gasteiger charge is 2.32. The summed E-state index contributed by atoms with van der Waals surface area (Å²) in [6, 6.07) is 1.62. The van der Waals surface area contributed by atoms with Gasteiger partial charge in [-0.1, -0.05) is 20.8 Å². The zero-order chi connectivity index (χ0) is 25.3. The maximum Gasteiger partial charge on any atom is 0.272 e. The summed E-state index contributed by atoms with van der Waals surface area (Å²) >= 11 is 0. The van der Waals surface area contributed by atoms with Crippen LogP contribution >= 0.6 is 0 Å². The lowest BCUT2D eigenvalue weighted by atomic mass is 9.92. The van der Waals surface area contributed by atoms with Crippen molar-refractivity contribution >= 4 is 29.1 Å². The Morgan fingerprint density at radius 3 is 2.66 bits per heavy atom. The van der Waals surface area contributed by atoms with Gasteiger partial charge in [-0.2, -0.15) is 10.2 Å². The second kappa shape index (κ2) is 9.35. The molecule has 12 heteroatoms. The molecule has 0 aliphatic carbocycles. The first kappa shape index (κ1) is 24.2. The number of hydrogen-bond donors (Lipinski definition) is 4. The minimum atomic E-state index is -0.680. The zero-order valence-electron chi connectivity index (χ0n) is 20.7. The molecular weight excluding hydrogens is 448 g/mol. The van der Waals surface area contributed by atoms with E-state index in [1.807, 2.05) is 6.92 Å². The maximum absolute atomic E-state index is 12.9. The number of carbonyl (C=O) groups is 2. The van der Waals surface area contributed by atoms with Crippen LogP contribution in [-0.2, 0) is 12.5 Å². The summed E-state index contributed by atoms with van der Waals surface area (Å²) in [4.78, 5) is 35.9. The summed E-state index contributed by atoms with van der Waals surface area (Å²) in [5, 5.41) is 17.5. The number of nitrogens with one attached hydrogen (secondary N) is 3. The number of rotatable bonds is 6. The molecule has 4 rings (SSSR count). The second-order valence-corrected chi connectivity index (χ2v) is 9.89. The molecule has 5 N–H and O–H groups in total. The summed E-state index contributed by atoms with van der Waals surface area (Å²) in [5.41, 5.74) is 7.36. The van der Waals surface area contributed by atoms with E-state index in [4.69, 9.17) is 5.73 Å². The molecule has 3 aromatic rings. The molecule has 3 aromatic heterocycles. The minimum Gasteiger partial charge on any atom is -0.364 e. The summed E-state index contributed by atoms with van der Waals surface area (Å²) in [6.45, 7) is 8.95. The molecular formula is C23H32N10O2. The van der Waals surface area contributed by atoms with Crippen LogP contribution in [0.5, 0.6) is 0 Å². The highest BCUT2D eigenvalue weighted by molar-refractivity contribution is 5.96. The van der Waals surface area contributed by atoms with E-state index >= 15 is 0 Å². The van der Waals surface area contributed by atoms with Crippen molar-refractivity contribution in [3.63, 3.8) is 0 Å². The Kier molecular flexibility index (Phi) is 6.46. The summed E-state index contributed by atoms with van der Waals surface area (Å²) < 4.78 is 1.63. The van der Waals surface area contributed by atoms with Crippen molar-refractivity contribution in [2.24, 2.45) is 12.8 Å². The summed E-state index contributed by atoms with van der Waals surface area (Å²) in [7, 11) is 1.79. The summed E-state index contributed by atoms with van der Waals surface area (Å²) in [6.07, 6.45) is 6.60. The Balaban J connectivity index is 1.53. The standard InChI is InChI=1S/C23H32N10O2/c1-13-15(28-22(35)16-9-17(31-30-16)23(2,3)4)7-6-8-33(13)18-11-25-19(20(24)34)21(29-18)27-14-10-26-32(5)12-14/h9-13,15H,6-8H2,1-5H3,(H2,24,34)(H,27,29)(H,28,35)(H,30,31)/t13-,15-/m1/s1. The van der Waals surface area contributed by atoms with E-state index < -0.39 is 5.91 Å². The summed E-state index contributed by atoms with van der Waals surface area (Å²) in [5.74, 6) is -0.0549. The molecule has 1 aliphatic rings. The fourth-order valence-electron chi connectivity index (χ4n) is 4.13. The van der Waals surface area contributed by atoms with E-state index in [1.54, 1.807) is 36.4 Å². The highest BCUT2D eigenvalue weighted by atomic mass is 16.2. The number of amides is 2. The lowest BCUT2D eigenvalue weighted by Crippen LogP contribution is -2.54. The van der Waals surface area contributed by atoms with Crippen molar-refractivity contribution in [1.82, 2.24) is 35.3 Å². The highest BCUT2D eigenvalue weighted by Crippen LogP contribution is 2.27. The fourth-order valence-corrected chi connectivity index (χ4v) is 4.13. The molecule has 0 unspecified atom stereocenters.